The van der Waals surface area contributed by atoms with Crippen LogP contribution in [0.4, 0.5) is 0 Å². The number of nitrogens with one attached hydrogen (secondary N) is 2. The minimum Gasteiger partial charge on any atom is -0.352 e. The lowest BCUT2D eigenvalue weighted by atomic mass is 10.1. The Balaban J connectivity index is 1.61. The van der Waals surface area contributed by atoms with Crippen molar-refractivity contribution < 1.29 is 4.79 Å². The van der Waals surface area contributed by atoms with Gasteiger partial charge in [0.1, 0.15) is 0 Å². The van der Waals surface area contributed by atoms with Crippen LogP contribution in [0.15, 0.2) is 0 Å². The molecule has 1 atom stereocenters. The smallest absolute Gasteiger partial charge is 0.234 e. The Bertz CT molecular complexity index is 243. The van der Waals surface area contributed by atoms with Gasteiger partial charge < -0.3 is 10.6 Å². The van der Waals surface area contributed by atoms with Crippen LogP contribution in [-0.2, 0) is 4.79 Å². The summed E-state index contributed by atoms with van der Waals surface area (Å²) in [6, 6.07) is 0.943. The molecule has 2 aliphatic carbocycles. The summed E-state index contributed by atoms with van der Waals surface area (Å²) in [6.45, 7) is 2.69. The van der Waals surface area contributed by atoms with Gasteiger partial charge in [-0.1, -0.05) is 25.7 Å². The molecule has 2 saturated carbocycles. The molecule has 0 radical (unpaired) electrons. The first-order valence-corrected chi connectivity index (χ1v) is 7.28. The number of carbonyl (C=O) groups is 1. The van der Waals surface area contributed by atoms with Gasteiger partial charge in [0.05, 0.1) is 6.54 Å². The summed E-state index contributed by atoms with van der Waals surface area (Å²) in [5, 5.41) is 6.51. The summed E-state index contributed by atoms with van der Waals surface area (Å²) >= 11 is 0. The summed E-state index contributed by atoms with van der Waals surface area (Å²) in [5.41, 5.74) is 0. The second-order valence-electron chi connectivity index (χ2n) is 5.76. The second kappa shape index (κ2) is 6.39. The van der Waals surface area contributed by atoms with Gasteiger partial charge >= 0.3 is 0 Å². The predicted octanol–water partition coefficient (Wildman–Crippen LogP) is 2.21. The van der Waals surface area contributed by atoms with E-state index >= 15 is 0 Å². The minimum absolute atomic E-state index is 0.185. The van der Waals surface area contributed by atoms with Crippen molar-refractivity contribution in [3.63, 3.8) is 0 Å². The molecule has 0 aromatic heterocycles. The average molecular weight is 238 g/mol. The minimum atomic E-state index is 0.185. The maximum absolute atomic E-state index is 11.8. The molecule has 0 spiro atoms. The summed E-state index contributed by atoms with van der Waals surface area (Å²) < 4.78 is 0. The zero-order chi connectivity index (χ0) is 12.1. The van der Waals surface area contributed by atoms with Gasteiger partial charge in [0.2, 0.25) is 5.91 Å². The van der Waals surface area contributed by atoms with E-state index in [0.717, 1.165) is 5.92 Å². The molecule has 0 aromatic carbocycles. The number of hydrogen-bond acceptors (Lipinski definition) is 2. The van der Waals surface area contributed by atoms with Crippen molar-refractivity contribution in [1.82, 2.24) is 10.6 Å². The van der Waals surface area contributed by atoms with E-state index in [9.17, 15) is 4.79 Å². The molecular formula is C14H26N2O. The first-order chi connectivity index (χ1) is 8.25. The highest BCUT2D eigenvalue weighted by atomic mass is 16.1. The molecule has 2 fully saturated rings. The summed E-state index contributed by atoms with van der Waals surface area (Å²) in [7, 11) is 0. The Morgan fingerprint density at radius 1 is 1.12 bits per heavy atom. The number of hydrogen-bond donors (Lipinski definition) is 2. The summed E-state index contributed by atoms with van der Waals surface area (Å²) in [4.78, 5) is 11.8. The fourth-order valence-corrected chi connectivity index (χ4v) is 2.72. The molecule has 0 aliphatic heterocycles. The first kappa shape index (κ1) is 12.9. The third kappa shape index (κ3) is 4.66. The van der Waals surface area contributed by atoms with Crippen LogP contribution in [0.1, 0.15) is 58.3 Å². The Hall–Kier alpha value is -0.570. The van der Waals surface area contributed by atoms with Crippen molar-refractivity contribution in [2.24, 2.45) is 5.92 Å². The van der Waals surface area contributed by atoms with E-state index in [-0.39, 0.29) is 5.91 Å². The molecular weight excluding hydrogens is 212 g/mol. The Labute approximate surface area is 105 Å². The zero-order valence-corrected chi connectivity index (χ0v) is 11.0. The van der Waals surface area contributed by atoms with Crippen LogP contribution in [0.2, 0.25) is 0 Å². The van der Waals surface area contributed by atoms with Crippen molar-refractivity contribution in [3.05, 3.63) is 0 Å². The Morgan fingerprint density at radius 3 is 2.35 bits per heavy atom. The lowest BCUT2D eigenvalue weighted by Crippen LogP contribution is -2.42. The van der Waals surface area contributed by atoms with E-state index in [2.05, 4.69) is 17.6 Å². The van der Waals surface area contributed by atoms with E-state index < -0.39 is 0 Å². The molecule has 0 heterocycles. The van der Waals surface area contributed by atoms with Gasteiger partial charge in [-0.15, -0.1) is 0 Å². The molecule has 3 heteroatoms. The third-order valence-corrected chi connectivity index (χ3v) is 4.13. The molecule has 98 valence electrons. The molecule has 0 bridgehead atoms. The Kier molecular flexibility index (Phi) is 4.84. The number of rotatable bonds is 5. The van der Waals surface area contributed by atoms with Crippen molar-refractivity contribution >= 4 is 5.91 Å². The van der Waals surface area contributed by atoms with Crippen LogP contribution in [0.25, 0.3) is 0 Å². The average Bonchev–Trinajstić information content (AvgIpc) is 3.13. The van der Waals surface area contributed by atoms with E-state index in [1.807, 2.05) is 0 Å². The van der Waals surface area contributed by atoms with E-state index in [1.165, 1.54) is 51.4 Å². The maximum Gasteiger partial charge on any atom is 0.234 e. The largest absolute Gasteiger partial charge is 0.352 e. The highest BCUT2D eigenvalue weighted by molar-refractivity contribution is 5.78. The van der Waals surface area contributed by atoms with Gasteiger partial charge in [0.25, 0.3) is 0 Å². The van der Waals surface area contributed by atoms with Crippen LogP contribution in [0, 0.1) is 5.92 Å². The molecule has 2 aliphatic rings. The SMILES string of the molecule is CC(NCC(=O)NC1CCCCCC1)C1CC1. The van der Waals surface area contributed by atoms with Crippen LogP contribution < -0.4 is 10.6 Å². The van der Waals surface area contributed by atoms with Crippen LogP contribution in [0.5, 0.6) is 0 Å². The van der Waals surface area contributed by atoms with Crippen LogP contribution in [-0.4, -0.2) is 24.5 Å². The molecule has 2 N–H and O–H groups in total. The Morgan fingerprint density at radius 2 is 1.76 bits per heavy atom. The van der Waals surface area contributed by atoms with Gasteiger partial charge in [0, 0.05) is 12.1 Å². The quantitative estimate of drug-likeness (QED) is 0.721. The van der Waals surface area contributed by atoms with Crippen molar-refractivity contribution in [1.29, 1.82) is 0 Å². The van der Waals surface area contributed by atoms with Gasteiger partial charge in [-0.05, 0) is 38.5 Å². The van der Waals surface area contributed by atoms with E-state index in [0.29, 0.717) is 18.6 Å². The molecule has 0 saturated heterocycles. The van der Waals surface area contributed by atoms with Gasteiger partial charge in [-0.2, -0.15) is 0 Å². The monoisotopic (exact) mass is 238 g/mol. The molecule has 1 amide bonds. The highest BCUT2D eigenvalue weighted by Crippen LogP contribution is 2.32. The first-order valence-electron chi connectivity index (χ1n) is 7.28. The third-order valence-electron chi connectivity index (χ3n) is 4.13. The zero-order valence-electron chi connectivity index (χ0n) is 11.0. The fourth-order valence-electron chi connectivity index (χ4n) is 2.72. The number of carbonyl (C=O) groups excluding carboxylic acids is 1. The van der Waals surface area contributed by atoms with Crippen LogP contribution in [0.3, 0.4) is 0 Å². The lowest BCUT2D eigenvalue weighted by Gasteiger charge is -2.18. The molecule has 3 nitrogen and oxygen atoms in total. The summed E-state index contributed by atoms with van der Waals surface area (Å²) in [5.74, 6) is 1.00. The van der Waals surface area contributed by atoms with Crippen LogP contribution >= 0.6 is 0 Å². The standard InChI is InChI=1S/C14H26N2O/c1-11(12-8-9-12)15-10-14(17)16-13-6-4-2-3-5-7-13/h11-13,15H,2-10H2,1H3,(H,16,17). The summed E-state index contributed by atoms with van der Waals surface area (Å²) in [6.07, 6.45) is 10.2. The molecule has 1 unspecified atom stereocenters. The number of amides is 1. The van der Waals surface area contributed by atoms with Gasteiger partial charge in [-0.3, -0.25) is 4.79 Å². The fraction of sp³-hybridized carbons (Fsp3) is 0.929. The van der Waals surface area contributed by atoms with E-state index in [1.54, 1.807) is 0 Å². The molecule has 2 rings (SSSR count). The lowest BCUT2D eigenvalue weighted by molar-refractivity contribution is -0.121. The maximum atomic E-state index is 11.8. The second-order valence-corrected chi connectivity index (χ2v) is 5.76. The molecule has 17 heavy (non-hydrogen) atoms. The van der Waals surface area contributed by atoms with Crippen molar-refractivity contribution in [2.75, 3.05) is 6.54 Å². The molecule has 0 aromatic rings. The van der Waals surface area contributed by atoms with E-state index in [4.69, 9.17) is 0 Å². The predicted molar refractivity (Wildman–Crippen MR) is 69.8 cm³/mol. The normalized spacial score (nSPS) is 24.1. The van der Waals surface area contributed by atoms with Gasteiger partial charge in [-0.25, -0.2) is 0 Å². The van der Waals surface area contributed by atoms with Gasteiger partial charge in [0.15, 0.2) is 0 Å². The topological polar surface area (TPSA) is 41.1 Å². The highest BCUT2D eigenvalue weighted by Gasteiger charge is 2.27. The van der Waals surface area contributed by atoms with Crippen molar-refractivity contribution in [2.45, 2.75) is 70.4 Å². The van der Waals surface area contributed by atoms with Crippen molar-refractivity contribution in [3.8, 4) is 0 Å².